The van der Waals surface area contributed by atoms with Crippen LogP contribution in [0.5, 0.6) is 0 Å². The monoisotopic (exact) mass is 334 g/mol. The molecular formula is C15H15BrN2S. The number of benzene rings is 1. The van der Waals surface area contributed by atoms with Gasteiger partial charge in [0.1, 0.15) is 6.07 Å². The Morgan fingerprint density at radius 3 is 2.74 bits per heavy atom. The van der Waals surface area contributed by atoms with Gasteiger partial charge in [-0.15, -0.1) is 11.3 Å². The van der Waals surface area contributed by atoms with Crippen molar-refractivity contribution in [2.75, 3.05) is 4.90 Å². The molecule has 2 rings (SSSR count). The standard InChI is InChI=1S/C15H15BrN2S/c1-11(2)18(10-14-4-3-7-19-14)15-6-5-13(16)8-12(15)9-17/h3-8,11H,10H2,1-2H3. The van der Waals surface area contributed by atoms with E-state index in [2.05, 4.69) is 58.3 Å². The molecule has 1 aromatic heterocycles. The maximum atomic E-state index is 9.30. The van der Waals surface area contributed by atoms with Gasteiger partial charge in [-0.3, -0.25) is 0 Å². The van der Waals surface area contributed by atoms with E-state index < -0.39 is 0 Å². The van der Waals surface area contributed by atoms with Crippen molar-refractivity contribution < 1.29 is 0 Å². The topological polar surface area (TPSA) is 27.0 Å². The average Bonchev–Trinajstić information content (AvgIpc) is 2.89. The smallest absolute Gasteiger partial charge is 0.101 e. The van der Waals surface area contributed by atoms with Crippen molar-refractivity contribution in [2.24, 2.45) is 0 Å². The number of anilines is 1. The normalized spacial score (nSPS) is 10.5. The van der Waals surface area contributed by atoms with Gasteiger partial charge >= 0.3 is 0 Å². The predicted octanol–water partition coefficient (Wildman–Crippen LogP) is 4.80. The third-order valence-corrected chi connectivity index (χ3v) is 4.27. The van der Waals surface area contributed by atoms with Crippen LogP contribution >= 0.6 is 27.3 Å². The summed E-state index contributed by atoms with van der Waals surface area (Å²) in [4.78, 5) is 3.57. The van der Waals surface area contributed by atoms with Crippen LogP contribution in [-0.4, -0.2) is 6.04 Å². The maximum Gasteiger partial charge on any atom is 0.101 e. The molecule has 0 saturated heterocycles. The van der Waals surface area contributed by atoms with Crippen LogP contribution in [-0.2, 0) is 6.54 Å². The van der Waals surface area contributed by atoms with Gasteiger partial charge < -0.3 is 4.90 Å². The number of nitrogens with zero attached hydrogens (tertiary/aromatic N) is 2. The molecule has 0 unspecified atom stereocenters. The summed E-state index contributed by atoms with van der Waals surface area (Å²) in [5.74, 6) is 0. The Morgan fingerprint density at radius 1 is 1.37 bits per heavy atom. The van der Waals surface area contributed by atoms with Crippen molar-refractivity contribution >= 4 is 33.0 Å². The first-order chi connectivity index (χ1) is 9.11. The van der Waals surface area contributed by atoms with Gasteiger partial charge in [0.05, 0.1) is 17.8 Å². The van der Waals surface area contributed by atoms with E-state index in [-0.39, 0.29) is 0 Å². The van der Waals surface area contributed by atoms with E-state index in [4.69, 9.17) is 0 Å². The van der Waals surface area contributed by atoms with Crippen LogP contribution in [0.25, 0.3) is 0 Å². The zero-order valence-corrected chi connectivity index (χ0v) is 13.3. The van der Waals surface area contributed by atoms with E-state index in [9.17, 15) is 5.26 Å². The fourth-order valence-corrected chi connectivity index (χ4v) is 3.03. The second-order valence-corrected chi connectivity index (χ2v) is 6.52. The highest BCUT2D eigenvalue weighted by atomic mass is 79.9. The molecule has 0 aliphatic heterocycles. The lowest BCUT2D eigenvalue weighted by Gasteiger charge is -2.29. The fraction of sp³-hybridized carbons (Fsp3) is 0.267. The highest BCUT2D eigenvalue weighted by Gasteiger charge is 2.15. The van der Waals surface area contributed by atoms with Crippen LogP contribution < -0.4 is 4.90 Å². The molecule has 0 radical (unpaired) electrons. The van der Waals surface area contributed by atoms with Crippen LogP contribution in [0.2, 0.25) is 0 Å². The summed E-state index contributed by atoms with van der Waals surface area (Å²) in [6, 6.07) is 12.7. The summed E-state index contributed by atoms with van der Waals surface area (Å²) < 4.78 is 0.938. The van der Waals surface area contributed by atoms with E-state index in [1.807, 2.05) is 18.2 Å². The molecule has 0 spiro atoms. The van der Waals surface area contributed by atoms with Crippen molar-refractivity contribution in [1.82, 2.24) is 0 Å². The van der Waals surface area contributed by atoms with E-state index in [0.29, 0.717) is 11.6 Å². The van der Waals surface area contributed by atoms with Gasteiger partial charge in [0.25, 0.3) is 0 Å². The van der Waals surface area contributed by atoms with Crippen molar-refractivity contribution in [3.63, 3.8) is 0 Å². The Hall–Kier alpha value is -1.31. The third-order valence-electron chi connectivity index (χ3n) is 2.92. The number of halogens is 1. The second kappa shape index (κ2) is 6.23. The Kier molecular flexibility index (Phi) is 4.62. The minimum atomic E-state index is 0.343. The molecule has 0 fully saturated rings. The zero-order valence-electron chi connectivity index (χ0n) is 10.9. The van der Waals surface area contributed by atoms with E-state index >= 15 is 0 Å². The lowest BCUT2D eigenvalue weighted by atomic mass is 10.1. The van der Waals surface area contributed by atoms with Crippen molar-refractivity contribution in [2.45, 2.75) is 26.4 Å². The predicted molar refractivity (Wildman–Crippen MR) is 84.5 cm³/mol. The number of hydrogen-bond donors (Lipinski definition) is 0. The van der Waals surface area contributed by atoms with Crippen molar-refractivity contribution in [3.8, 4) is 6.07 Å². The summed E-state index contributed by atoms with van der Waals surface area (Å²) in [6.45, 7) is 5.14. The van der Waals surface area contributed by atoms with Gasteiger partial charge in [-0.25, -0.2) is 0 Å². The molecule has 2 aromatic rings. The van der Waals surface area contributed by atoms with Gasteiger partial charge in [-0.2, -0.15) is 5.26 Å². The van der Waals surface area contributed by atoms with Gasteiger partial charge in [0, 0.05) is 15.4 Å². The molecule has 0 aliphatic carbocycles. The Bertz CT molecular complexity index is 585. The summed E-state index contributed by atoms with van der Waals surface area (Å²) in [5.41, 5.74) is 1.70. The number of rotatable bonds is 4. The molecule has 2 nitrogen and oxygen atoms in total. The van der Waals surface area contributed by atoms with E-state index in [1.54, 1.807) is 11.3 Å². The minimum Gasteiger partial charge on any atom is -0.363 e. The largest absolute Gasteiger partial charge is 0.363 e. The molecule has 0 aliphatic rings. The van der Waals surface area contributed by atoms with Crippen molar-refractivity contribution in [1.29, 1.82) is 5.26 Å². The lowest BCUT2D eigenvalue weighted by Crippen LogP contribution is -2.30. The molecular weight excluding hydrogens is 320 g/mol. The molecule has 1 aromatic carbocycles. The molecule has 0 amide bonds. The van der Waals surface area contributed by atoms with Gasteiger partial charge in [0.15, 0.2) is 0 Å². The van der Waals surface area contributed by atoms with E-state index in [0.717, 1.165) is 16.7 Å². The molecule has 0 saturated carbocycles. The van der Waals surface area contributed by atoms with Crippen LogP contribution in [0.4, 0.5) is 5.69 Å². The molecule has 0 bridgehead atoms. The molecule has 19 heavy (non-hydrogen) atoms. The van der Waals surface area contributed by atoms with Crippen LogP contribution in [0, 0.1) is 11.3 Å². The minimum absolute atomic E-state index is 0.343. The maximum absolute atomic E-state index is 9.30. The van der Waals surface area contributed by atoms with Gasteiger partial charge in [0.2, 0.25) is 0 Å². The second-order valence-electron chi connectivity index (χ2n) is 4.57. The number of nitriles is 1. The van der Waals surface area contributed by atoms with Crippen LogP contribution in [0.15, 0.2) is 40.2 Å². The lowest BCUT2D eigenvalue weighted by molar-refractivity contribution is 0.686. The Morgan fingerprint density at radius 2 is 2.16 bits per heavy atom. The van der Waals surface area contributed by atoms with Gasteiger partial charge in [-0.1, -0.05) is 22.0 Å². The SMILES string of the molecule is CC(C)N(Cc1cccs1)c1ccc(Br)cc1C#N. The highest BCUT2D eigenvalue weighted by molar-refractivity contribution is 9.10. The first-order valence-corrected chi connectivity index (χ1v) is 7.77. The van der Waals surface area contributed by atoms with Crippen molar-refractivity contribution in [3.05, 3.63) is 50.6 Å². The first-order valence-electron chi connectivity index (χ1n) is 6.10. The van der Waals surface area contributed by atoms with Gasteiger partial charge in [-0.05, 0) is 43.5 Å². The molecule has 0 N–H and O–H groups in total. The fourth-order valence-electron chi connectivity index (χ4n) is 1.96. The molecule has 0 atom stereocenters. The quantitative estimate of drug-likeness (QED) is 0.803. The van der Waals surface area contributed by atoms with Crippen LogP contribution in [0.1, 0.15) is 24.3 Å². The zero-order chi connectivity index (χ0) is 13.8. The summed E-state index contributed by atoms with van der Waals surface area (Å²) in [6.07, 6.45) is 0. The summed E-state index contributed by atoms with van der Waals surface area (Å²) in [5, 5.41) is 11.4. The van der Waals surface area contributed by atoms with E-state index in [1.165, 1.54) is 4.88 Å². The average molecular weight is 335 g/mol. The van der Waals surface area contributed by atoms with Crippen LogP contribution in [0.3, 0.4) is 0 Å². The third kappa shape index (κ3) is 3.37. The molecule has 4 heteroatoms. The Labute approximate surface area is 126 Å². The number of hydrogen-bond acceptors (Lipinski definition) is 3. The Balaban J connectivity index is 2.37. The molecule has 1 heterocycles. The highest BCUT2D eigenvalue weighted by Crippen LogP contribution is 2.28. The summed E-state index contributed by atoms with van der Waals surface area (Å²) >= 11 is 5.16. The first kappa shape index (κ1) is 14.1. The summed E-state index contributed by atoms with van der Waals surface area (Å²) in [7, 11) is 0. The number of thiophene rings is 1. The molecule has 98 valence electrons.